The van der Waals surface area contributed by atoms with Gasteiger partial charge in [0.1, 0.15) is 6.61 Å². The zero-order valence-corrected chi connectivity index (χ0v) is 11.6. The van der Waals surface area contributed by atoms with Gasteiger partial charge in [0.2, 0.25) is 5.75 Å². The van der Waals surface area contributed by atoms with Gasteiger partial charge in [0.05, 0.1) is 33.7 Å². The maximum absolute atomic E-state index is 9.21. The van der Waals surface area contributed by atoms with E-state index in [1.54, 1.807) is 38.9 Å². The molecule has 1 N–H and O–H groups in total. The number of rotatable bonds is 7. The molecule has 6 nitrogen and oxygen atoms in total. The molecule has 20 heavy (non-hydrogen) atoms. The highest BCUT2D eigenvalue weighted by Crippen LogP contribution is 2.38. The lowest BCUT2D eigenvalue weighted by atomic mass is 10.2. The molecule has 0 aliphatic rings. The van der Waals surface area contributed by atoms with Crippen LogP contribution in [0, 0.1) is 0 Å². The Bertz CT molecular complexity index is 515. The fraction of sp³-hybridized carbons (Fsp3) is 0.357. The molecule has 0 spiro atoms. The van der Waals surface area contributed by atoms with Gasteiger partial charge in [-0.3, -0.25) is 0 Å². The summed E-state index contributed by atoms with van der Waals surface area (Å²) in [5.41, 5.74) is 0.709. The normalized spacial score (nSPS) is 10.3. The summed E-state index contributed by atoms with van der Waals surface area (Å²) >= 11 is 0. The molecule has 1 aromatic carbocycles. The molecule has 2 aromatic rings. The van der Waals surface area contributed by atoms with Crippen molar-refractivity contribution in [3.63, 3.8) is 0 Å². The lowest BCUT2D eigenvalue weighted by Crippen LogP contribution is -2.08. The minimum Gasteiger partial charge on any atom is -0.493 e. The van der Waals surface area contributed by atoms with Gasteiger partial charge in [0.15, 0.2) is 11.5 Å². The molecule has 0 saturated heterocycles. The van der Waals surface area contributed by atoms with Crippen molar-refractivity contribution in [2.75, 3.05) is 20.8 Å². The molecule has 1 heterocycles. The van der Waals surface area contributed by atoms with Crippen LogP contribution in [-0.4, -0.2) is 35.5 Å². The first-order valence-corrected chi connectivity index (χ1v) is 6.22. The highest BCUT2D eigenvalue weighted by molar-refractivity contribution is 5.53. The van der Waals surface area contributed by atoms with Crippen molar-refractivity contribution in [2.45, 2.75) is 13.2 Å². The van der Waals surface area contributed by atoms with Crippen molar-refractivity contribution in [3.05, 3.63) is 36.4 Å². The number of aliphatic hydroxyl groups is 1. The zero-order valence-electron chi connectivity index (χ0n) is 11.6. The van der Waals surface area contributed by atoms with E-state index in [2.05, 4.69) is 4.98 Å². The average Bonchev–Trinajstić information content (AvgIpc) is 3.00. The van der Waals surface area contributed by atoms with Gasteiger partial charge in [0.25, 0.3) is 0 Å². The van der Waals surface area contributed by atoms with Crippen LogP contribution < -0.4 is 14.2 Å². The van der Waals surface area contributed by atoms with Crippen LogP contribution >= 0.6 is 0 Å². The van der Waals surface area contributed by atoms with Crippen LogP contribution in [0.3, 0.4) is 0 Å². The third kappa shape index (κ3) is 3.21. The van der Waals surface area contributed by atoms with E-state index in [-0.39, 0.29) is 6.61 Å². The first kappa shape index (κ1) is 14.2. The topological polar surface area (TPSA) is 65.7 Å². The summed E-state index contributed by atoms with van der Waals surface area (Å²) in [6, 6.07) is 3.46. The molecule has 0 radical (unpaired) electrons. The van der Waals surface area contributed by atoms with Gasteiger partial charge in [-0.15, -0.1) is 0 Å². The van der Waals surface area contributed by atoms with Crippen molar-refractivity contribution in [2.24, 2.45) is 0 Å². The predicted molar refractivity (Wildman–Crippen MR) is 73.2 cm³/mol. The lowest BCUT2D eigenvalue weighted by Gasteiger charge is -2.15. The van der Waals surface area contributed by atoms with Crippen molar-refractivity contribution >= 4 is 0 Å². The SMILES string of the molecule is COc1cc(CO)cc(OC)c1OCCn1ccnc1. The molecule has 0 aliphatic heterocycles. The number of ether oxygens (including phenoxy) is 3. The zero-order chi connectivity index (χ0) is 14.4. The van der Waals surface area contributed by atoms with Crippen LogP contribution in [0.4, 0.5) is 0 Å². The smallest absolute Gasteiger partial charge is 0.203 e. The highest BCUT2D eigenvalue weighted by Gasteiger charge is 2.13. The Labute approximate surface area is 117 Å². The molecule has 108 valence electrons. The molecule has 2 rings (SSSR count). The second-order valence-corrected chi connectivity index (χ2v) is 4.14. The molecule has 1 aromatic heterocycles. The van der Waals surface area contributed by atoms with Crippen LogP contribution in [-0.2, 0) is 13.2 Å². The Morgan fingerprint density at radius 1 is 1.20 bits per heavy atom. The number of hydrogen-bond acceptors (Lipinski definition) is 5. The number of aliphatic hydroxyl groups excluding tert-OH is 1. The van der Waals surface area contributed by atoms with Gasteiger partial charge < -0.3 is 23.9 Å². The van der Waals surface area contributed by atoms with E-state index < -0.39 is 0 Å². The van der Waals surface area contributed by atoms with E-state index in [4.69, 9.17) is 14.2 Å². The van der Waals surface area contributed by atoms with Gasteiger partial charge in [-0.05, 0) is 17.7 Å². The number of nitrogens with zero attached hydrogens (tertiary/aromatic N) is 2. The first-order chi connectivity index (χ1) is 9.78. The van der Waals surface area contributed by atoms with Gasteiger partial charge in [-0.2, -0.15) is 0 Å². The van der Waals surface area contributed by atoms with E-state index in [1.165, 1.54) is 0 Å². The molecule has 0 unspecified atom stereocenters. The van der Waals surface area contributed by atoms with Crippen molar-refractivity contribution in [3.8, 4) is 17.2 Å². The van der Waals surface area contributed by atoms with Crippen LogP contribution in [0.5, 0.6) is 17.2 Å². The number of benzene rings is 1. The maximum Gasteiger partial charge on any atom is 0.203 e. The largest absolute Gasteiger partial charge is 0.493 e. The third-order valence-electron chi connectivity index (χ3n) is 2.86. The third-order valence-corrected chi connectivity index (χ3v) is 2.86. The first-order valence-electron chi connectivity index (χ1n) is 6.22. The van der Waals surface area contributed by atoms with Crippen LogP contribution in [0.1, 0.15) is 5.56 Å². The van der Waals surface area contributed by atoms with E-state index in [0.717, 1.165) is 0 Å². The second kappa shape index (κ2) is 6.81. The molecule has 0 amide bonds. The fourth-order valence-electron chi connectivity index (χ4n) is 1.84. The Kier molecular flexibility index (Phi) is 4.84. The van der Waals surface area contributed by atoms with Crippen LogP contribution in [0.2, 0.25) is 0 Å². The van der Waals surface area contributed by atoms with E-state index in [1.807, 2.05) is 10.8 Å². The molecule has 0 atom stereocenters. The van der Waals surface area contributed by atoms with Gasteiger partial charge in [-0.1, -0.05) is 0 Å². The lowest BCUT2D eigenvalue weighted by molar-refractivity contribution is 0.258. The summed E-state index contributed by atoms with van der Waals surface area (Å²) in [5.74, 6) is 1.62. The van der Waals surface area contributed by atoms with E-state index in [0.29, 0.717) is 36.0 Å². The number of methoxy groups -OCH3 is 2. The number of aromatic nitrogens is 2. The monoisotopic (exact) mass is 278 g/mol. The summed E-state index contributed by atoms with van der Waals surface area (Å²) in [7, 11) is 3.11. The quantitative estimate of drug-likeness (QED) is 0.831. The molecule has 0 fully saturated rings. The van der Waals surface area contributed by atoms with Crippen molar-refractivity contribution in [1.29, 1.82) is 0 Å². The summed E-state index contributed by atoms with van der Waals surface area (Å²) in [6.45, 7) is 1.05. The Hall–Kier alpha value is -2.21. The van der Waals surface area contributed by atoms with Crippen molar-refractivity contribution in [1.82, 2.24) is 9.55 Å². The Morgan fingerprint density at radius 2 is 1.90 bits per heavy atom. The summed E-state index contributed by atoms with van der Waals surface area (Å²) in [6.07, 6.45) is 5.32. The predicted octanol–water partition coefficient (Wildman–Crippen LogP) is 1.47. The molecule has 0 bridgehead atoms. The van der Waals surface area contributed by atoms with Gasteiger partial charge >= 0.3 is 0 Å². The van der Waals surface area contributed by atoms with Gasteiger partial charge in [-0.25, -0.2) is 4.98 Å². The standard InChI is InChI=1S/C14H18N2O4/c1-18-12-7-11(9-17)8-13(19-2)14(12)20-6-5-16-4-3-15-10-16/h3-4,7-8,10,17H,5-6,9H2,1-2H3. The van der Waals surface area contributed by atoms with Crippen LogP contribution in [0.25, 0.3) is 0 Å². The summed E-state index contributed by atoms with van der Waals surface area (Å²) < 4.78 is 18.2. The summed E-state index contributed by atoms with van der Waals surface area (Å²) in [5, 5.41) is 9.21. The molecular weight excluding hydrogens is 260 g/mol. The number of imidazole rings is 1. The van der Waals surface area contributed by atoms with E-state index >= 15 is 0 Å². The fourth-order valence-corrected chi connectivity index (χ4v) is 1.84. The molecule has 0 saturated carbocycles. The van der Waals surface area contributed by atoms with Crippen LogP contribution in [0.15, 0.2) is 30.9 Å². The highest BCUT2D eigenvalue weighted by atomic mass is 16.5. The Morgan fingerprint density at radius 3 is 2.40 bits per heavy atom. The average molecular weight is 278 g/mol. The Balaban J connectivity index is 2.12. The molecule has 6 heteroatoms. The summed E-state index contributed by atoms with van der Waals surface area (Å²) in [4.78, 5) is 3.97. The minimum atomic E-state index is -0.0813. The molecular formula is C14H18N2O4. The van der Waals surface area contributed by atoms with Crippen molar-refractivity contribution < 1.29 is 19.3 Å². The minimum absolute atomic E-state index is 0.0813. The van der Waals surface area contributed by atoms with Gasteiger partial charge in [0, 0.05) is 12.4 Å². The molecule has 0 aliphatic carbocycles. The number of hydrogen-bond donors (Lipinski definition) is 1. The maximum atomic E-state index is 9.21. The van der Waals surface area contributed by atoms with E-state index in [9.17, 15) is 5.11 Å². The second-order valence-electron chi connectivity index (χ2n) is 4.14.